The summed E-state index contributed by atoms with van der Waals surface area (Å²) in [5.74, 6) is 2.45. The van der Waals surface area contributed by atoms with E-state index < -0.39 is 0 Å². The normalized spacial score (nSPS) is 10.1. The molecule has 84 valence electrons. The van der Waals surface area contributed by atoms with Crippen LogP contribution in [0.3, 0.4) is 0 Å². The Labute approximate surface area is 90.2 Å². The summed E-state index contributed by atoms with van der Waals surface area (Å²) in [6, 6.07) is 1.87. The SMILES string of the molecule is CCc1nc(NC)cc(N(C)CCO)n1. The molecule has 0 spiro atoms. The van der Waals surface area contributed by atoms with Crippen LogP contribution in [0, 0.1) is 0 Å². The summed E-state index contributed by atoms with van der Waals surface area (Å²) in [6.07, 6.45) is 0.801. The number of hydrogen-bond acceptors (Lipinski definition) is 5. The van der Waals surface area contributed by atoms with Crippen molar-refractivity contribution in [3.8, 4) is 0 Å². The van der Waals surface area contributed by atoms with Crippen LogP contribution in [0.2, 0.25) is 0 Å². The van der Waals surface area contributed by atoms with Gasteiger partial charge in [-0.25, -0.2) is 9.97 Å². The molecule has 0 saturated heterocycles. The Bertz CT molecular complexity index is 294. The lowest BCUT2D eigenvalue weighted by molar-refractivity contribution is 0.304. The van der Waals surface area contributed by atoms with Crippen molar-refractivity contribution < 1.29 is 5.11 Å². The Kier molecular flexibility index (Phi) is 4.30. The van der Waals surface area contributed by atoms with Gasteiger partial charge >= 0.3 is 0 Å². The average Bonchev–Trinajstić information content (AvgIpc) is 2.28. The number of nitrogens with zero attached hydrogens (tertiary/aromatic N) is 3. The maximum atomic E-state index is 8.85. The molecule has 0 aliphatic rings. The van der Waals surface area contributed by atoms with E-state index in [4.69, 9.17) is 5.11 Å². The van der Waals surface area contributed by atoms with Crippen LogP contribution in [-0.4, -0.2) is 42.3 Å². The fourth-order valence-electron chi connectivity index (χ4n) is 1.23. The number of likely N-dealkylation sites (N-methyl/N-ethyl adjacent to an activating group) is 1. The van der Waals surface area contributed by atoms with Crippen LogP contribution >= 0.6 is 0 Å². The van der Waals surface area contributed by atoms with E-state index in [1.54, 1.807) is 0 Å². The maximum Gasteiger partial charge on any atom is 0.134 e. The van der Waals surface area contributed by atoms with Gasteiger partial charge in [0.25, 0.3) is 0 Å². The number of hydrogen-bond donors (Lipinski definition) is 2. The highest BCUT2D eigenvalue weighted by Gasteiger charge is 2.06. The molecular weight excluding hydrogens is 192 g/mol. The Morgan fingerprint density at radius 1 is 1.47 bits per heavy atom. The van der Waals surface area contributed by atoms with Crippen molar-refractivity contribution in [1.29, 1.82) is 0 Å². The number of aliphatic hydroxyl groups is 1. The van der Waals surface area contributed by atoms with Gasteiger partial charge in [0, 0.05) is 33.1 Å². The smallest absolute Gasteiger partial charge is 0.134 e. The summed E-state index contributed by atoms with van der Waals surface area (Å²) in [6.45, 7) is 2.71. The molecule has 5 nitrogen and oxygen atoms in total. The number of rotatable bonds is 5. The molecule has 0 atom stereocenters. The van der Waals surface area contributed by atoms with E-state index in [-0.39, 0.29) is 6.61 Å². The minimum absolute atomic E-state index is 0.122. The summed E-state index contributed by atoms with van der Waals surface area (Å²) in [7, 11) is 3.73. The van der Waals surface area contributed by atoms with Crippen LogP contribution < -0.4 is 10.2 Å². The molecule has 1 aromatic heterocycles. The van der Waals surface area contributed by atoms with Gasteiger partial charge in [0.05, 0.1) is 6.61 Å². The van der Waals surface area contributed by atoms with Gasteiger partial charge in [-0.15, -0.1) is 0 Å². The Morgan fingerprint density at radius 2 is 2.20 bits per heavy atom. The van der Waals surface area contributed by atoms with Gasteiger partial charge < -0.3 is 15.3 Å². The number of nitrogens with one attached hydrogen (secondary N) is 1. The first kappa shape index (κ1) is 11.7. The molecule has 1 rings (SSSR count). The van der Waals surface area contributed by atoms with Crippen molar-refractivity contribution in [2.24, 2.45) is 0 Å². The maximum absolute atomic E-state index is 8.85. The van der Waals surface area contributed by atoms with Gasteiger partial charge in [-0.1, -0.05) is 6.92 Å². The summed E-state index contributed by atoms with van der Waals surface area (Å²) in [4.78, 5) is 10.6. The minimum atomic E-state index is 0.122. The van der Waals surface area contributed by atoms with Crippen LogP contribution in [0.25, 0.3) is 0 Å². The molecule has 0 amide bonds. The second-order valence-corrected chi connectivity index (χ2v) is 3.28. The lowest BCUT2D eigenvalue weighted by Crippen LogP contribution is -2.23. The Hall–Kier alpha value is -1.36. The van der Waals surface area contributed by atoms with E-state index in [2.05, 4.69) is 15.3 Å². The van der Waals surface area contributed by atoms with Crippen molar-refractivity contribution in [3.63, 3.8) is 0 Å². The third-order valence-corrected chi connectivity index (χ3v) is 2.16. The Morgan fingerprint density at radius 3 is 2.73 bits per heavy atom. The number of anilines is 2. The molecular formula is C10H18N4O. The highest BCUT2D eigenvalue weighted by Crippen LogP contribution is 2.14. The van der Waals surface area contributed by atoms with E-state index in [0.717, 1.165) is 23.9 Å². The lowest BCUT2D eigenvalue weighted by Gasteiger charge is -2.17. The van der Waals surface area contributed by atoms with Crippen LogP contribution in [-0.2, 0) is 6.42 Å². The van der Waals surface area contributed by atoms with Crippen LogP contribution in [0.5, 0.6) is 0 Å². The summed E-state index contributed by atoms with van der Waals surface area (Å²) in [5.41, 5.74) is 0. The highest BCUT2D eigenvalue weighted by molar-refractivity contribution is 5.48. The molecule has 0 aliphatic carbocycles. The zero-order valence-corrected chi connectivity index (χ0v) is 9.49. The fraction of sp³-hybridized carbons (Fsp3) is 0.600. The zero-order chi connectivity index (χ0) is 11.3. The number of aliphatic hydroxyl groups excluding tert-OH is 1. The van der Waals surface area contributed by atoms with E-state index in [1.165, 1.54) is 0 Å². The highest BCUT2D eigenvalue weighted by atomic mass is 16.3. The predicted octanol–water partition coefficient (Wildman–Crippen LogP) is 0.509. The second kappa shape index (κ2) is 5.50. The molecule has 0 aliphatic heterocycles. The van der Waals surface area contributed by atoms with E-state index >= 15 is 0 Å². The van der Waals surface area contributed by atoms with E-state index in [0.29, 0.717) is 6.54 Å². The second-order valence-electron chi connectivity index (χ2n) is 3.28. The van der Waals surface area contributed by atoms with Crippen molar-refractivity contribution >= 4 is 11.6 Å². The lowest BCUT2D eigenvalue weighted by atomic mass is 10.4. The average molecular weight is 210 g/mol. The summed E-state index contributed by atoms with van der Waals surface area (Å²) >= 11 is 0. The van der Waals surface area contributed by atoms with Crippen molar-refractivity contribution in [1.82, 2.24) is 9.97 Å². The molecule has 5 heteroatoms. The molecule has 0 unspecified atom stereocenters. The Balaban J connectivity index is 2.95. The van der Waals surface area contributed by atoms with Crippen molar-refractivity contribution in [3.05, 3.63) is 11.9 Å². The molecule has 0 saturated carbocycles. The molecule has 2 N–H and O–H groups in total. The number of aryl methyl sites for hydroxylation is 1. The van der Waals surface area contributed by atoms with Crippen LogP contribution in [0.4, 0.5) is 11.6 Å². The fourth-order valence-corrected chi connectivity index (χ4v) is 1.23. The molecule has 0 fully saturated rings. The van der Waals surface area contributed by atoms with E-state index in [1.807, 2.05) is 32.0 Å². The first-order chi connectivity index (χ1) is 7.21. The first-order valence-corrected chi connectivity index (χ1v) is 5.09. The molecule has 15 heavy (non-hydrogen) atoms. The van der Waals surface area contributed by atoms with Crippen molar-refractivity contribution in [2.45, 2.75) is 13.3 Å². The van der Waals surface area contributed by atoms with Crippen LogP contribution in [0.1, 0.15) is 12.7 Å². The first-order valence-electron chi connectivity index (χ1n) is 5.09. The number of aromatic nitrogens is 2. The quantitative estimate of drug-likeness (QED) is 0.741. The minimum Gasteiger partial charge on any atom is -0.395 e. The summed E-state index contributed by atoms with van der Waals surface area (Å²) in [5, 5.41) is 11.8. The third kappa shape index (κ3) is 3.06. The van der Waals surface area contributed by atoms with E-state index in [9.17, 15) is 0 Å². The molecule has 0 radical (unpaired) electrons. The van der Waals surface area contributed by atoms with Gasteiger partial charge in [0.2, 0.25) is 0 Å². The van der Waals surface area contributed by atoms with Crippen LogP contribution in [0.15, 0.2) is 6.07 Å². The third-order valence-electron chi connectivity index (χ3n) is 2.16. The largest absolute Gasteiger partial charge is 0.395 e. The molecule has 1 aromatic rings. The monoisotopic (exact) mass is 210 g/mol. The van der Waals surface area contributed by atoms with Gasteiger partial charge in [0.1, 0.15) is 17.5 Å². The van der Waals surface area contributed by atoms with Gasteiger partial charge in [-0.05, 0) is 0 Å². The predicted molar refractivity (Wildman–Crippen MR) is 61.3 cm³/mol. The topological polar surface area (TPSA) is 61.3 Å². The standard InChI is InChI=1S/C10H18N4O/c1-4-8-12-9(11-2)7-10(13-8)14(3)5-6-15/h7,15H,4-6H2,1-3H3,(H,11,12,13). The van der Waals surface area contributed by atoms with Gasteiger partial charge in [-0.3, -0.25) is 0 Å². The molecule has 0 bridgehead atoms. The van der Waals surface area contributed by atoms with Gasteiger partial charge in [0.15, 0.2) is 0 Å². The molecule has 1 heterocycles. The van der Waals surface area contributed by atoms with Crippen molar-refractivity contribution in [2.75, 3.05) is 37.5 Å². The summed E-state index contributed by atoms with van der Waals surface area (Å²) < 4.78 is 0. The zero-order valence-electron chi connectivity index (χ0n) is 9.49. The molecule has 0 aromatic carbocycles. The van der Waals surface area contributed by atoms with Gasteiger partial charge in [-0.2, -0.15) is 0 Å².